The first kappa shape index (κ1) is 62.1. The number of cyclic esters (lactones) is 1. The van der Waals surface area contributed by atoms with Crippen LogP contribution < -0.4 is 10.7 Å². The van der Waals surface area contributed by atoms with E-state index in [0.29, 0.717) is 50.9 Å². The van der Waals surface area contributed by atoms with E-state index in [0.717, 1.165) is 45.4 Å². The van der Waals surface area contributed by atoms with Crippen LogP contribution in [0.15, 0.2) is 66.3 Å². The second-order valence-corrected chi connectivity index (χ2v) is 19.1. The molecule has 0 saturated carbocycles. The SMILES string of the molecule is C=CC(=O)N1CC[C@H](C(=O)N(C)[C@H](C(=O)N[C@H]2Cc3cc(O)cc(c3)-c3ccc4c(c3)c(c([C@@H]3CC=CN=C3COC)n4CC)CC(C)(C)COC(=O)[C@@H]3CCCN(N3)C2=O)C(C)C)C1.S.S.S.S.S. The van der Waals surface area contributed by atoms with Crippen LogP contribution in [-0.4, -0.2) is 125 Å². The summed E-state index contributed by atoms with van der Waals surface area (Å²) in [5.74, 6) is -2.85. The lowest BCUT2D eigenvalue weighted by molar-refractivity contribution is -0.155. The minimum Gasteiger partial charge on any atom is -0.508 e. The first-order valence-electron chi connectivity index (χ1n) is 22.9. The number of nitrogens with zero attached hydrogens (tertiary/aromatic N) is 5. The van der Waals surface area contributed by atoms with Gasteiger partial charge in [0.1, 0.15) is 23.9 Å². The molecule has 4 aliphatic heterocycles. The summed E-state index contributed by atoms with van der Waals surface area (Å²) in [6.07, 6.45) is 7.91. The Morgan fingerprint density at radius 1 is 1.06 bits per heavy atom. The van der Waals surface area contributed by atoms with Gasteiger partial charge < -0.3 is 34.3 Å². The molecule has 1 aromatic heterocycles. The molecule has 0 radical (unpaired) electrons. The van der Waals surface area contributed by atoms with Crippen LogP contribution in [0, 0.1) is 17.3 Å². The van der Waals surface area contributed by atoms with Gasteiger partial charge in [0.05, 0.1) is 24.8 Å². The molecule has 2 saturated heterocycles. The van der Waals surface area contributed by atoms with Crippen molar-refractivity contribution in [1.29, 1.82) is 0 Å². The quantitative estimate of drug-likeness (QED) is 0.166. The highest BCUT2D eigenvalue weighted by molar-refractivity contribution is 7.60. The van der Waals surface area contributed by atoms with Crippen LogP contribution in [0.3, 0.4) is 0 Å². The summed E-state index contributed by atoms with van der Waals surface area (Å²) in [5.41, 5.74) is 9.05. The van der Waals surface area contributed by atoms with Crippen LogP contribution in [0.2, 0.25) is 0 Å². The van der Waals surface area contributed by atoms with Crippen molar-refractivity contribution in [1.82, 2.24) is 30.1 Å². The highest BCUT2D eigenvalue weighted by atomic mass is 32.1. The molecule has 20 heteroatoms. The molecular weight excluding hydrogens is 987 g/mol. The number of aromatic hydroxyl groups is 1. The minimum absolute atomic E-state index is 0. The zero-order valence-corrected chi connectivity index (χ0v) is 46.4. The van der Waals surface area contributed by atoms with Crippen molar-refractivity contribution in [2.75, 3.05) is 47.0 Å². The maximum Gasteiger partial charge on any atom is 0.324 e. The summed E-state index contributed by atoms with van der Waals surface area (Å²) in [5, 5.41) is 16.7. The Balaban J connectivity index is 0.00000336. The Morgan fingerprint density at radius 3 is 2.46 bits per heavy atom. The Labute approximate surface area is 447 Å². The number of aliphatic imine (C=N–C) groups is 1. The predicted molar refractivity (Wildman–Crippen MR) is 301 cm³/mol. The van der Waals surface area contributed by atoms with Gasteiger partial charge in [-0.3, -0.25) is 34.0 Å². The van der Waals surface area contributed by atoms with Crippen LogP contribution in [0.4, 0.5) is 0 Å². The van der Waals surface area contributed by atoms with Gasteiger partial charge in [-0.1, -0.05) is 52.5 Å². The number of nitrogens with one attached hydrogen (secondary N) is 2. The first-order valence-corrected chi connectivity index (χ1v) is 22.9. The number of rotatable bonds is 10. The van der Waals surface area contributed by atoms with Gasteiger partial charge in [-0.2, -0.15) is 67.5 Å². The number of benzene rings is 2. The summed E-state index contributed by atoms with van der Waals surface area (Å²) in [4.78, 5) is 77.1. The molecule has 4 aliphatic rings. The van der Waals surface area contributed by atoms with E-state index in [-0.39, 0.29) is 123 Å². The van der Waals surface area contributed by atoms with Gasteiger partial charge in [0, 0.05) is 80.9 Å². The molecule has 0 spiro atoms. The largest absolute Gasteiger partial charge is 0.508 e. The van der Waals surface area contributed by atoms with Crippen LogP contribution >= 0.6 is 67.5 Å². The van der Waals surface area contributed by atoms with E-state index < -0.39 is 47.2 Å². The molecule has 3 N–H and O–H groups in total. The molecule has 5 atom stereocenters. The topological polar surface area (TPSA) is 175 Å². The van der Waals surface area contributed by atoms with E-state index in [1.54, 1.807) is 31.2 Å². The average Bonchev–Trinajstić information content (AvgIpc) is 3.90. The first-order chi connectivity index (χ1) is 31.0. The summed E-state index contributed by atoms with van der Waals surface area (Å²) in [6.45, 7) is 15.7. The standard InChI is InChI=1S/C50H65N7O8.5H2S/c1-9-43(59)55-20-17-33(27-55)47(61)54(7)44(30(3)4)46(60)52-40-23-31-21-34(24-35(58)22-31)32-15-16-42-37(25-32)38(45(56(42)10-2)36-13-11-18-51-41(36)28-64-8)26-50(5,6)29-65-49(63)39-14-12-19-57(53-39)48(40)62;;;;;/h9,11,15-16,18,21-22,24-25,30,33,36,39-40,44,53,58H,1,10,12-14,17,19-20,23,26-29H2,2-8H3,(H,52,60);5*1H2/t33-,36+,39-,40-,44-;;;;;/m0...../s1. The molecule has 6 bridgehead atoms. The summed E-state index contributed by atoms with van der Waals surface area (Å²) in [6, 6.07) is 8.61. The molecular formula is C50H75N7O8S5. The van der Waals surface area contributed by atoms with Gasteiger partial charge in [0.2, 0.25) is 17.7 Å². The van der Waals surface area contributed by atoms with Crippen LogP contribution in [0.25, 0.3) is 22.0 Å². The van der Waals surface area contributed by atoms with E-state index in [9.17, 15) is 29.1 Å². The van der Waals surface area contributed by atoms with Crippen molar-refractivity contribution >= 4 is 114 Å². The number of methoxy groups -OCH3 is 1. The number of allylic oxidation sites excluding steroid dienone is 1. The number of fused-ring (bicyclic) bond motifs is 6. The molecule has 70 heavy (non-hydrogen) atoms. The molecule has 2 aromatic carbocycles. The number of hydrazine groups is 1. The second kappa shape index (κ2) is 26.6. The van der Waals surface area contributed by atoms with E-state index in [1.807, 2.05) is 32.2 Å². The smallest absolute Gasteiger partial charge is 0.324 e. The number of hydrogen-bond acceptors (Lipinski definition) is 10. The number of carbonyl (C=O) groups excluding carboxylic acids is 5. The number of esters is 1. The summed E-state index contributed by atoms with van der Waals surface area (Å²) >= 11 is 0. The van der Waals surface area contributed by atoms with Gasteiger partial charge in [0.25, 0.3) is 5.91 Å². The van der Waals surface area contributed by atoms with Gasteiger partial charge in [-0.25, -0.2) is 5.43 Å². The molecule has 0 aliphatic carbocycles. The lowest BCUT2D eigenvalue weighted by Gasteiger charge is -2.37. The lowest BCUT2D eigenvalue weighted by Crippen LogP contribution is -2.62. The fraction of sp³-hybridized carbons (Fsp3) is 0.520. The van der Waals surface area contributed by atoms with Crippen molar-refractivity contribution in [3.05, 3.63) is 78.1 Å². The maximum absolute atomic E-state index is 14.7. The number of likely N-dealkylation sites (N-methyl/N-ethyl adjacent to an activating group) is 1. The number of amides is 4. The Hall–Kier alpha value is -4.05. The number of ether oxygens (including phenoxy) is 2. The van der Waals surface area contributed by atoms with Crippen LogP contribution in [-0.2, 0) is 52.8 Å². The lowest BCUT2D eigenvalue weighted by atomic mass is 9.82. The number of aromatic nitrogens is 1. The molecule has 0 unspecified atom stereocenters. The van der Waals surface area contributed by atoms with Gasteiger partial charge >= 0.3 is 5.97 Å². The fourth-order valence-electron chi connectivity index (χ4n) is 10.2. The molecule has 388 valence electrons. The van der Waals surface area contributed by atoms with E-state index in [4.69, 9.17) is 14.5 Å². The van der Waals surface area contributed by atoms with Crippen molar-refractivity contribution in [3.63, 3.8) is 0 Å². The monoisotopic (exact) mass is 1060 g/mol. The number of phenols is 1. The average molecular weight is 1060 g/mol. The van der Waals surface area contributed by atoms with Crippen molar-refractivity contribution in [3.8, 4) is 16.9 Å². The number of carbonyl (C=O) groups is 5. The van der Waals surface area contributed by atoms with Crippen LogP contribution in [0.5, 0.6) is 5.75 Å². The molecule has 7 rings (SSSR count). The Bertz CT molecular complexity index is 2430. The minimum atomic E-state index is -1.16. The third-order valence-electron chi connectivity index (χ3n) is 13.3. The van der Waals surface area contributed by atoms with Gasteiger partial charge in [-0.05, 0) is 97.5 Å². The van der Waals surface area contributed by atoms with Crippen LogP contribution in [0.1, 0.15) is 83.0 Å². The van der Waals surface area contributed by atoms with Crippen molar-refractivity contribution in [2.45, 2.75) is 104 Å². The normalized spacial score (nSPS) is 21.2. The highest BCUT2D eigenvalue weighted by Crippen LogP contribution is 2.41. The maximum atomic E-state index is 14.7. The Kier molecular flexibility index (Phi) is 23.6. The zero-order chi connectivity index (χ0) is 46.7. The summed E-state index contributed by atoms with van der Waals surface area (Å²) < 4.78 is 14.1. The molecule has 15 nitrogen and oxygen atoms in total. The fourth-order valence-corrected chi connectivity index (χ4v) is 10.2. The molecule has 3 aromatic rings. The third kappa shape index (κ3) is 13.5. The molecule has 5 heterocycles. The van der Waals surface area contributed by atoms with E-state index >= 15 is 0 Å². The van der Waals surface area contributed by atoms with Gasteiger partial charge in [-0.15, -0.1) is 0 Å². The number of phenolic OH excluding ortho intramolecular Hbond substituents is 1. The summed E-state index contributed by atoms with van der Waals surface area (Å²) in [7, 11) is 3.26. The zero-order valence-electron chi connectivity index (χ0n) is 41.4. The van der Waals surface area contributed by atoms with Crippen molar-refractivity contribution in [2.24, 2.45) is 22.2 Å². The number of aryl methyl sites for hydroxylation is 1. The number of hydrogen-bond donors (Lipinski definition) is 3. The Morgan fingerprint density at radius 2 is 1.79 bits per heavy atom. The van der Waals surface area contributed by atoms with Crippen molar-refractivity contribution < 1.29 is 38.6 Å². The van der Waals surface area contributed by atoms with Gasteiger partial charge in [0.15, 0.2) is 0 Å². The molecule has 2 fully saturated rings. The second-order valence-electron chi connectivity index (χ2n) is 19.1. The van der Waals surface area contributed by atoms with E-state index in [2.05, 4.69) is 60.9 Å². The highest BCUT2D eigenvalue weighted by Gasteiger charge is 2.40. The van der Waals surface area contributed by atoms with E-state index in [1.165, 1.54) is 16.0 Å². The predicted octanol–water partition coefficient (Wildman–Crippen LogP) is 5.85. The third-order valence-corrected chi connectivity index (χ3v) is 13.3. The molecule has 4 amide bonds. The number of likely N-dealkylation sites (tertiary alicyclic amines) is 1.